The summed E-state index contributed by atoms with van der Waals surface area (Å²) in [7, 11) is 0. The van der Waals surface area contributed by atoms with Crippen molar-refractivity contribution in [3.05, 3.63) is 41.2 Å². The summed E-state index contributed by atoms with van der Waals surface area (Å²) in [4.78, 5) is 17.7. The summed E-state index contributed by atoms with van der Waals surface area (Å²) in [6.45, 7) is 6.77. The maximum atomic E-state index is 12.0. The van der Waals surface area contributed by atoms with Crippen LogP contribution in [0.15, 0.2) is 35.6 Å². The number of carbonyl (C=O) groups is 1. The standard InChI is InChI=1S/C11H13BrN2O/c1-3-8-14(4-2)11(15)9-6-5-7-13-10(9)12/h3,5-7H,1,4,8H2,2H3. The third-order valence-electron chi connectivity index (χ3n) is 2.01. The number of likely N-dealkylation sites (N-methyl/N-ethyl adjacent to an activating group) is 1. The summed E-state index contributed by atoms with van der Waals surface area (Å²) in [5.74, 6) is -0.0302. The van der Waals surface area contributed by atoms with Crippen molar-refractivity contribution >= 4 is 21.8 Å². The predicted molar refractivity (Wildman–Crippen MR) is 63.7 cm³/mol. The van der Waals surface area contributed by atoms with Crippen LogP contribution in [-0.2, 0) is 0 Å². The van der Waals surface area contributed by atoms with Gasteiger partial charge in [0.15, 0.2) is 0 Å². The molecule has 0 saturated carbocycles. The van der Waals surface area contributed by atoms with Gasteiger partial charge in [0.2, 0.25) is 0 Å². The van der Waals surface area contributed by atoms with E-state index in [1.165, 1.54) is 0 Å². The molecule has 1 amide bonds. The van der Waals surface area contributed by atoms with Crippen LogP contribution in [0.25, 0.3) is 0 Å². The van der Waals surface area contributed by atoms with E-state index in [1.807, 2.05) is 6.92 Å². The second-order valence-corrected chi connectivity index (χ2v) is 3.73. The Bertz CT molecular complexity index is 365. The van der Waals surface area contributed by atoms with Gasteiger partial charge < -0.3 is 4.90 Å². The molecule has 0 atom stereocenters. The van der Waals surface area contributed by atoms with Crippen molar-refractivity contribution in [1.29, 1.82) is 0 Å². The lowest BCUT2D eigenvalue weighted by molar-refractivity contribution is 0.0780. The van der Waals surface area contributed by atoms with Crippen LogP contribution < -0.4 is 0 Å². The first-order valence-corrected chi connectivity index (χ1v) is 5.50. The fourth-order valence-corrected chi connectivity index (χ4v) is 1.65. The second kappa shape index (κ2) is 5.66. The average molecular weight is 269 g/mol. The highest BCUT2D eigenvalue weighted by atomic mass is 79.9. The van der Waals surface area contributed by atoms with Crippen LogP contribution in [0.3, 0.4) is 0 Å². The number of aromatic nitrogens is 1. The summed E-state index contributed by atoms with van der Waals surface area (Å²) < 4.78 is 0.581. The summed E-state index contributed by atoms with van der Waals surface area (Å²) in [5.41, 5.74) is 0.584. The highest BCUT2D eigenvalue weighted by molar-refractivity contribution is 9.10. The van der Waals surface area contributed by atoms with Gasteiger partial charge in [0, 0.05) is 19.3 Å². The van der Waals surface area contributed by atoms with Gasteiger partial charge in [0.25, 0.3) is 5.91 Å². The Kier molecular flexibility index (Phi) is 4.49. The first-order chi connectivity index (χ1) is 7.20. The molecule has 0 fully saturated rings. The highest BCUT2D eigenvalue weighted by Gasteiger charge is 2.15. The van der Waals surface area contributed by atoms with E-state index >= 15 is 0 Å². The number of hydrogen-bond donors (Lipinski definition) is 0. The van der Waals surface area contributed by atoms with Crippen LogP contribution in [0.4, 0.5) is 0 Å². The molecule has 0 aromatic carbocycles. The Morgan fingerprint density at radius 1 is 1.73 bits per heavy atom. The van der Waals surface area contributed by atoms with Gasteiger partial charge in [0.1, 0.15) is 4.60 Å². The van der Waals surface area contributed by atoms with Gasteiger partial charge in [-0.1, -0.05) is 6.08 Å². The van der Waals surface area contributed by atoms with Crippen molar-refractivity contribution in [1.82, 2.24) is 9.88 Å². The van der Waals surface area contributed by atoms with Crippen molar-refractivity contribution in [2.24, 2.45) is 0 Å². The number of rotatable bonds is 4. The first kappa shape index (κ1) is 11.9. The maximum Gasteiger partial charge on any atom is 0.256 e. The quantitative estimate of drug-likeness (QED) is 0.621. The minimum absolute atomic E-state index is 0.0302. The summed E-state index contributed by atoms with van der Waals surface area (Å²) in [6, 6.07) is 3.50. The zero-order valence-electron chi connectivity index (χ0n) is 8.61. The van der Waals surface area contributed by atoms with Crippen LogP contribution in [-0.4, -0.2) is 28.9 Å². The van der Waals surface area contributed by atoms with Gasteiger partial charge >= 0.3 is 0 Å². The van der Waals surface area contributed by atoms with Gasteiger partial charge in [-0.3, -0.25) is 4.79 Å². The Morgan fingerprint density at radius 2 is 2.47 bits per heavy atom. The number of halogens is 1. The molecule has 80 valence electrons. The largest absolute Gasteiger partial charge is 0.335 e. The summed E-state index contributed by atoms with van der Waals surface area (Å²) in [6.07, 6.45) is 3.36. The Hall–Kier alpha value is -1.16. The maximum absolute atomic E-state index is 12.0. The predicted octanol–water partition coefficient (Wildman–Crippen LogP) is 2.49. The van der Waals surface area contributed by atoms with E-state index < -0.39 is 0 Å². The normalized spacial score (nSPS) is 9.73. The fraction of sp³-hybridized carbons (Fsp3) is 0.273. The van der Waals surface area contributed by atoms with E-state index in [0.29, 0.717) is 23.3 Å². The van der Waals surface area contributed by atoms with Gasteiger partial charge in [0.05, 0.1) is 5.56 Å². The van der Waals surface area contributed by atoms with Crippen LogP contribution in [0.5, 0.6) is 0 Å². The molecule has 3 nitrogen and oxygen atoms in total. The fourth-order valence-electron chi connectivity index (χ4n) is 1.23. The average Bonchev–Trinajstić information content (AvgIpc) is 2.25. The lowest BCUT2D eigenvalue weighted by Gasteiger charge is -2.19. The highest BCUT2D eigenvalue weighted by Crippen LogP contribution is 2.14. The molecule has 1 rings (SSSR count). The molecule has 0 saturated heterocycles. The SMILES string of the molecule is C=CCN(CC)C(=O)c1cccnc1Br. The minimum atomic E-state index is -0.0302. The second-order valence-electron chi connectivity index (χ2n) is 2.97. The van der Waals surface area contributed by atoms with E-state index in [1.54, 1.807) is 29.3 Å². The zero-order chi connectivity index (χ0) is 11.3. The number of pyridine rings is 1. The van der Waals surface area contributed by atoms with Crippen molar-refractivity contribution in [2.45, 2.75) is 6.92 Å². The molecule has 1 aromatic heterocycles. The number of amides is 1. The van der Waals surface area contributed by atoms with Crippen LogP contribution in [0.1, 0.15) is 17.3 Å². The van der Waals surface area contributed by atoms with Crippen molar-refractivity contribution < 1.29 is 4.79 Å². The molecule has 0 aliphatic rings. The molecule has 1 aromatic rings. The molecule has 0 radical (unpaired) electrons. The molecule has 0 N–H and O–H groups in total. The van der Waals surface area contributed by atoms with Gasteiger partial charge in [-0.25, -0.2) is 4.98 Å². The zero-order valence-corrected chi connectivity index (χ0v) is 10.2. The molecule has 15 heavy (non-hydrogen) atoms. The van der Waals surface area contributed by atoms with Gasteiger partial charge in [-0.05, 0) is 35.0 Å². The molecule has 4 heteroatoms. The number of nitrogens with zero attached hydrogens (tertiary/aromatic N) is 2. The van der Waals surface area contributed by atoms with Crippen molar-refractivity contribution in [3.8, 4) is 0 Å². The third-order valence-corrected chi connectivity index (χ3v) is 2.64. The molecule has 0 bridgehead atoms. The Morgan fingerprint density at radius 3 is 3.00 bits per heavy atom. The van der Waals surface area contributed by atoms with Crippen molar-refractivity contribution in [2.75, 3.05) is 13.1 Å². The Balaban J connectivity index is 2.92. The Labute approximate surface area is 97.9 Å². The van der Waals surface area contributed by atoms with E-state index in [2.05, 4.69) is 27.5 Å². The lowest BCUT2D eigenvalue weighted by Crippen LogP contribution is -2.31. The molecule has 0 unspecified atom stereocenters. The molecule has 1 heterocycles. The topological polar surface area (TPSA) is 33.2 Å². The van der Waals surface area contributed by atoms with Crippen LogP contribution >= 0.6 is 15.9 Å². The molecular weight excluding hydrogens is 256 g/mol. The van der Waals surface area contributed by atoms with Gasteiger partial charge in [-0.15, -0.1) is 6.58 Å². The number of hydrogen-bond acceptors (Lipinski definition) is 2. The number of carbonyl (C=O) groups excluding carboxylic acids is 1. The van der Waals surface area contributed by atoms with Crippen LogP contribution in [0.2, 0.25) is 0 Å². The first-order valence-electron chi connectivity index (χ1n) is 4.71. The third kappa shape index (κ3) is 2.89. The van der Waals surface area contributed by atoms with Gasteiger partial charge in [-0.2, -0.15) is 0 Å². The summed E-state index contributed by atoms with van der Waals surface area (Å²) >= 11 is 3.26. The summed E-state index contributed by atoms with van der Waals surface area (Å²) in [5, 5.41) is 0. The monoisotopic (exact) mass is 268 g/mol. The van der Waals surface area contributed by atoms with E-state index in [4.69, 9.17) is 0 Å². The molecular formula is C11H13BrN2O. The smallest absolute Gasteiger partial charge is 0.256 e. The van der Waals surface area contributed by atoms with E-state index in [0.717, 1.165) is 0 Å². The van der Waals surface area contributed by atoms with E-state index in [-0.39, 0.29) is 5.91 Å². The van der Waals surface area contributed by atoms with Crippen LogP contribution in [0, 0.1) is 0 Å². The minimum Gasteiger partial charge on any atom is -0.335 e. The van der Waals surface area contributed by atoms with Crippen molar-refractivity contribution in [3.63, 3.8) is 0 Å². The molecule has 0 aliphatic carbocycles. The van der Waals surface area contributed by atoms with E-state index in [9.17, 15) is 4.79 Å². The molecule has 0 spiro atoms. The lowest BCUT2D eigenvalue weighted by atomic mass is 10.2. The molecule has 0 aliphatic heterocycles.